The predicted octanol–water partition coefficient (Wildman–Crippen LogP) is 3.63. The molecule has 0 aliphatic heterocycles. The molecule has 2 rings (SSSR count). The lowest BCUT2D eigenvalue weighted by Crippen LogP contribution is -2.11. The first kappa shape index (κ1) is 12.4. The number of halogens is 1. The van der Waals surface area contributed by atoms with Gasteiger partial charge in [-0.25, -0.2) is 4.39 Å². The third-order valence-corrected chi connectivity index (χ3v) is 2.63. The molecule has 0 aliphatic rings. The molecule has 0 atom stereocenters. The number of benzene rings is 2. The summed E-state index contributed by atoms with van der Waals surface area (Å²) in [5, 5.41) is 3.17. The Hall–Kier alpha value is -2.03. The number of para-hydroxylation sites is 1. The van der Waals surface area contributed by atoms with Crippen molar-refractivity contribution in [2.75, 3.05) is 18.5 Å². The average Bonchev–Trinajstić information content (AvgIpc) is 2.39. The molecule has 2 nitrogen and oxygen atoms in total. The first-order valence-corrected chi connectivity index (χ1v) is 5.93. The van der Waals surface area contributed by atoms with E-state index >= 15 is 0 Å². The van der Waals surface area contributed by atoms with E-state index < -0.39 is 0 Å². The molecule has 2 aromatic rings. The normalized spacial score (nSPS) is 10.1. The largest absolute Gasteiger partial charge is 0.491 e. The fraction of sp³-hybridized carbons (Fsp3) is 0.200. The van der Waals surface area contributed by atoms with Gasteiger partial charge in [0.2, 0.25) is 0 Å². The maximum Gasteiger partial charge on any atom is 0.123 e. The Labute approximate surface area is 106 Å². The van der Waals surface area contributed by atoms with Crippen LogP contribution in [0.1, 0.15) is 5.56 Å². The van der Waals surface area contributed by atoms with Gasteiger partial charge in [-0.1, -0.05) is 18.2 Å². The van der Waals surface area contributed by atoms with Gasteiger partial charge in [-0.05, 0) is 42.8 Å². The molecule has 0 heterocycles. The van der Waals surface area contributed by atoms with Gasteiger partial charge in [0.25, 0.3) is 0 Å². The summed E-state index contributed by atoms with van der Waals surface area (Å²) in [7, 11) is 0. The number of anilines is 1. The fourth-order valence-electron chi connectivity index (χ4n) is 1.64. The molecule has 0 unspecified atom stereocenters. The molecule has 94 valence electrons. The Morgan fingerprint density at radius 3 is 2.50 bits per heavy atom. The summed E-state index contributed by atoms with van der Waals surface area (Å²) in [6.45, 7) is 3.27. The van der Waals surface area contributed by atoms with Gasteiger partial charge in [0, 0.05) is 12.2 Å². The zero-order valence-corrected chi connectivity index (χ0v) is 10.3. The highest BCUT2D eigenvalue weighted by molar-refractivity contribution is 5.42. The molecule has 18 heavy (non-hydrogen) atoms. The second-order valence-electron chi connectivity index (χ2n) is 4.05. The smallest absolute Gasteiger partial charge is 0.123 e. The van der Waals surface area contributed by atoms with Crippen LogP contribution in [0.3, 0.4) is 0 Å². The minimum atomic E-state index is -0.225. The molecule has 0 aromatic heterocycles. The third-order valence-electron chi connectivity index (χ3n) is 2.63. The van der Waals surface area contributed by atoms with Crippen molar-refractivity contribution in [2.24, 2.45) is 0 Å². The van der Waals surface area contributed by atoms with Gasteiger partial charge < -0.3 is 10.1 Å². The van der Waals surface area contributed by atoms with Crippen LogP contribution in [-0.4, -0.2) is 13.2 Å². The van der Waals surface area contributed by atoms with Crippen LogP contribution in [0.25, 0.3) is 0 Å². The van der Waals surface area contributed by atoms with Crippen LogP contribution in [0.2, 0.25) is 0 Å². The third kappa shape index (κ3) is 3.48. The van der Waals surface area contributed by atoms with Crippen LogP contribution in [0.15, 0.2) is 48.5 Å². The van der Waals surface area contributed by atoms with Crippen molar-refractivity contribution in [3.05, 3.63) is 59.9 Å². The van der Waals surface area contributed by atoms with Gasteiger partial charge in [-0.15, -0.1) is 0 Å². The topological polar surface area (TPSA) is 21.3 Å². The summed E-state index contributed by atoms with van der Waals surface area (Å²) >= 11 is 0. The number of aryl methyl sites for hydroxylation is 1. The zero-order chi connectivity index (χ0) is 12.8. The molecule has 2 aromatic carbocycles. The molecule has 0 spiro atoms. The molecular formula is C15H16FNO. The first-order valence-electron chi connectivity index (χ1n) is 5.93. The van der Waals surface area contributed by atoms with E-state index in [-0.39, 0.29) is 5.82 Å². The summed E-state index contributed by atoms with van der Waals surface area (Å²) in [5.41, 5.74) is 2.02. The minimum absolute atomic E-state index is 0.225. The lowest BCUT2D eigenvalue weighted by Gasteiger charge is -2.10. The number of hydrogen-bond acceptors (Lipinski definition) is 2. The van der Waals surface area contributed by atoms with Crippen molar-refractivity contribution in [3.8, 4) is 5.75 Å². The minimum Gasteiger partial charge on any atom is -0.491 e. The van der Waals surface area contributed by atoms with E-state index in [2.05, 4.69) is 5.32 Å². The number of ether oxygens (including phenoxy) is 1. The predicted molar refractivity (Wildman–Crippen MR) is 71.6 cm³/mol. The lowest BCUT2D eigenvalue weighted by molar-refractivity contribution is 0.330. The lowest BCUT2D eigenvalue weighted by atomic mass is 10.2. The molecule has 0 amide bonds. The Morgan fingerprint density at radius 1 is 1.06 bits per heavy atom. The average molecular weight is 245 g/mol. The number of nitrogens with one attached hydrogen (secondary N) is 1. The standard InChI is InChI=1S/C15H16FNO/c1-12-4-2-3-5-15(12)18-11-10-17-14-8-6-13(16)7-9-14/h2-9,17H,10-11H2,1H3. The molecule has 0 saturated heterocycles. The quantitative estimate of drug-likeness (QED) is 0.812. The molecule has 0 radical (unpaired) electrons. The maximum atomic E-state index is 12.7. The van der Waals surface area contributed by atoms with E-state index in [1.165, 1.54) is 12.1 Å². The Bertz CT molecular complexity index is 496. The first-order chi connectivity index (χ1) is 8.75. The summed E-state index contributed by atoms with van der Waals surface area (Å²) in [4.78, 5) is 0. The van der Waals surface area contributed by atoms with Crippen LogP contribution < -0.4 is 10.1 Å². The van der Waals surface area contributed by atoms with Crippen LogP contribution in [-0.2, 0) is 0 Å². The molecule has 1 N–H and O–H groups in total. The van der Waals surface area contributed by atoms with Gasteiger partial charge >= 0.3 is 0 Å². The van der Waals surface area contributed by atoms with E-state index in [0.29, 0.717) is 13.2 Å². The second-order valence-corrected chi connectivity index (χ2v) is 4.05. The van der Waals surface area contributed by atoms with Crippen LogP contribution in [0, 0.1) is 12.7 Å². The highest BCUT2D eigenvalue weighted by atomic mass is 19.1. The molecule has 0 bridgehead atoms. The van der Waals surface area contributed by atoms with Crippen molar-refractivity contribution in [1.29, 1.82) is 0 Å². The van der Waals surface area contributed by atoms with E-state index in [4.69, 9.17) is 4.74 Å². The molecule has 0 fully saturated rings. The summed E-state index contributed by atoms with van der Waals surface area (Å²) < 4.78 is 18.3. The summed E-state index contributed by atoms with van der Waals surface area (Å²) in [6.07, 6.45) is 0. The number of rotatable bonds is 5. The Morgan fingerprint density at radius 2 is 1.78 bits per heavy atom. The van der Waals surface area contributed by atoms with Crippen LogP contribution >= 0.6 is 0 Å². The summed E-state index contributed by atoms with van der Waals surface area (Å²) in [5.74, 6) is 0.676. The number of hydrogen-bond donors (Lipinski definition) is 1. The highest BCUT2D eigenvalue weighted by Crippen LogP contribution is 2.15. The van der Waals surface area contributed by atoms with Crippen molar-refractivity contribution >= 4 is 5.69 Å². The van der Waals surface area contributed by atoms with Gasteiger partial charge in [0.05, 0.1) is 0 Å². The monoisotopic (exact) mass is 245 g/mol. The van der Waals surface area contributed by atoms with E-state index in [9.17, 15) is 4.39 Å². The molecule has 0 saturated carbocycles. The second kappa shape index (κ2) is 6.05. The van der Waals surface area contributed by atoms with Gasteiger partial charge in [-0.2, -0.15) is 0 Å². The van der Waals surface area contributed by atoms with Gasteiger partial charge in [0.15, 0.2) is 0 Å². The Balaban J connectivity index is 1.76. The van der Waals surface area contributed by atoms with E-state index in [0.717, 1.165) is 17.0 Å². The van der Waals surface area contributed by atoms with Crippen LogP contribution in [0.5, 0.6) is 5.75 Å². The van der Waals surface area contributed by atoms with Crippen molar-refractivity contribution in [1.82, 2.24) is 0 Å². The SMILES string of the molecule is Cc1ccccc1OCCNc1ccc(F)cc1. The maximum absolute atomic E-state index is 12.7. The van der Waals surface area contributed by atoms with E-state index in [1.807, 2.05) is 31.2 Å². The highest BCUT2D eigenvalue weighted by Gasteiger charge is 1.97. The fourth-order valence-corrected chi connectivity index (χ4v) is 1.64. The molecular weight excluding hydrogens is 229 g/mol. The molecule has 0 aliphatic carbocycles. The molecule has 3 heteroatoms. The van der Waals surface area contributed by atoms with E-state index in [1.54, 1.807) is 12.1 Å². The zero-order valence-electron chi connectivity index (χ0n) is 10.3. The summed E-state index contributed by atoms with van der Waals surface area (Å²) in [6, 6.07) is 14.2. The van der Waals surface area contributed by atoms with Gasteiger partial charge in [-0.3, -0.25) is 0 Å². The Kier molecular flexibility index (Phi) is 4.18. The van der Waals surface area contributed by atoms with Crippen molar-refractivity contribution in [2.45, 2.75) is 6.92 Å². The van der Waals surface area contributed by atoms with Crippen LogP contribution in [0.4, 0.5) is 10.1 Å². The van der Waals surface area contributed by atoms with Crippen molar-refractivity contribution < 1.29 is 9.13 Å². The van der Waals surface area contributed by atoms with Crippen molar-refractivity contribution in [3.63, 3.8) is 0 Å². The van der Waals surface area contributed by atoms with Gasteiger partial charge in [0.1, 0.15) is 18.2 Å².